The molecule has 2 fully saturated rings. The number of nitrogens with zero attached hydrogens (tertiary/aromatic N) is 1. The Kier molecular flexibility index (Phi) is 3.82. The lowest BCUT2D eigenvalue weighted by atomic mass is 9.95. The van der Waals surface area contributed by atoms with E-state index in [9.17, 15) is 9.90 Å². The van der Waals surface area contributed by atoms with Crippen molar-refractivity contribution < 1.29 is 9.90 Å². The monoisotopic (exact) mass is 226 g/mol. The minimum absolute atomic E-state index is 0.0190. The van der Waals surface area contributed by atoms with Gasteiger partial charge in [0.1, 0.15) is 0 Å². The van der Waals surface area contributed by atoms with Crippen LogP contribution in [0.1, 0.15) is 38.5 Å². The zero-order valence-corrected chi connectivity index (χ0v) is 9.77. The van der Waals surface area contributed by atoms with Crippen molar-refractivity contribution in [1.82, 2.24) is 4.90 Å². The molecule has 0 radical (unpaired) electrons. The molecule has 4 heteroatoms. The van der Waals surface area contributed by atoms with E-state index in [0.717, 1.165) is 45.2 Å². The molecule has 0 aromatic rings. The van der Waals surface area contributed by atoms with Gasteiger partial charge < -0.3 is 15.7 Å². The number of likely N-dealkylation sites (tertiary alicyclic amines) is 1. The fraction of sp³-hybridized carbons (Fsp3) is 0.917. The number of nitrogens with two attached hydrogens (primary N) is 1. The lowest BCUT2D eigenvalue weighted by molar-refractivity contribution is -0.135. The van der Waals surface area contributed by atoms with Crippen LogP contribution in [0.15, 0.2) is 0 Å². The van der Waals surface area contributed by atoms with E-state index in [1.807, 2.05) is 4.90 Å². The van der Waals surface area contributed by atoms with Gasteiger partial charge in [-0.25, -0.2) is 0 Å². The molecule has 1 saturated heterocycles. The molecule has 3 N–H and O–H groups in total. The van der Waals surface area contributed by atoms with Gasteiger partial charge in [-0.15, -0.1) is 0 Å². The van der Waals surface area contributed by atoms with Gasteiger partial charge in [-0.05, 0) is 32.1 Å². The second kappa shape index (κ2) is 5.15. The molecule has 2 rings (SSSR count). The van der Waals surface area contributed by atoms with Crippen molar-refractivity contribution in [1.29, 1.82) is 0 Å². The van der Waals surface area contributed by atoms with Crippen molar-refractivity contribution in [2.45, 2.75) is 50.7 Å². The molecule has 1 aliphatic heterocycles. The van der Waals surface area contributed by atoms with Crippen molar-refractivity contribution in [3.63, 3.8) is 0 Å². The van der Waals surface area contributed by atoms with E-state index in [1.54, 1.807) is 0 Å². The van der Waals surface area contributed by atoms with E-state index in [-0.39, 0.29) is 17.9 Å². The predicted octanol–water partition coefficient (Wildman–Crippen LogP) is 0.487. The largest absolute Gasteiger partial charge is 0.393 e. The molecule has 16 heavy (non-hydrogen) atoms. The summed E-state index contributed by atoms with van der Waals surface area (Å²) >= 11 is 0. The minimum atomic E-state index is -0.490. The van der Waals surface area contributed by atoms with Gasteiger partial charge in [0.25, 0.3) is 0 Å². The summed E-state index contributed by atoms with van der Waals surface area (Å²) in [6, 6.07) is -0.490. The molecule has 0 spiro atoms. The van der Waals surface area contributed by atoms with Crippen LogP contribution in [0.4, 0.5) is 0 Å². The van der Waals surface area contributed by atoms with Crippen LogP contribution >= 0.6 is 0 Å². The summed E-state index contributed by atoms with van der Waals surface area (Å²) in [6.07, 6.45) is 5.70. The van der Waals surface area contributed by atoms with Crippen molar-refractivity contribution in [3.05, 3.63) is 0 Å². The molecule has 1 saturated carbocycles. The second-order valence-corrected chi connectivity index (χ2v) is 5.07. The molecular formula is C12H22N2O2. The number of rotatable bonds is 2. The number of amides is 1. The van der Waals surface area contributed by atoms with E-state index < -0.39 is 6.04 Å². The van der Waals surface area contributed by atoms with E-state index in [0.29, 0.717) is 0 Å². The predicted molar refractivity (Wildman–Crippen MR) is 61.8 cm³/mol. The fourth-order valence-corrected chi connectivity index (χ4v) is 2.90. The molecule has 1 amide bonds. The Morgan fingerprint density at radius 3 is 2.44 bits per heavy atom. The first-order valence-corrected chi connectivity index (χ1v) is 6.42. The van der Waals surface area contributed by atoms with E-state index in [4.69, 9.17) is 5.73 Å². The number of hydrogen-bond acceptors (Lipinski definition) is 3. The van der Waals surface area contributed by atoms with Gasteiger partial charge in [0.15, 0.2) is 0 Å². The third-order valence-electron chi connectivity index (χ3n) is 3.95. The second-order valence-electron chi connectivity index (χ2n) is 5.07. The number of hydrogen-bond donors (Lipinski definition) is 2. The molecule has 92 valence electrons. The number of piperidine rings is 1. The maximum Gasteiger partial charge on any atom is 0.239 e. The van der Waals surface area contributed by atoms with Crippen LogP contribution < -0.4 is 5.73 Å². The van der Waals surface area contributed by atoms with E-state index >= 15 is 0 Å². The Hall–Kier alpha value is -0.610. The summed E-state index contributed by atoms with van der Waals surface area (Å²) in [5, 5.41) is 9.76. The van der Waals surface area contributed by atoms with Gasteiger partial charge in [0.2, 0.25) is 5.91 Å². The van der Waals surface area contributed by atoms with Crippen LogP contribution in [-0.2, 0) is 4.79 Å². The first-order valence-electron chi connectivity index (χ1n) is 6.42. The summed E-state index contributed by atoms with van der Waals surface area (Å²) in [5.41, 5.74) is 5.99. The Labute approximate surface area is 96.8 Å². The van der Waals surface area contributed by atoms with Crippen LogP contribution in [0.25, 0.3) is 0 Å². The third-order valence-corrected chi connectivity index (χ3v) is 3.95. The first kappa shape index (κ1) is 11.9. The van der Waals surface area contributed by atoms with E-state index in [1.165, 1.54) is 6.42 Å². The van der Waals surface area contributed by atoms with Gasteiger partial charge in [-0.2, -0.15) is 0 Å². The quantitative estimate of drug-likeness (QED) is 0.720. The smallest absolute Gasteiger partial charge is 0.239 e. The molecule has 2 aliphatic rings. The number of carbonyl (C=O) groups is 1. The van der Waals surface area contributed by atoms with Crippen LogP contribution in [0.3, 0.4) is 0 Å². The topological polar surface area (TPSA) is 66.6 Å². The highest BCUT2D eigenvalue weighted by Gasteiger charge is 2.36. The number of aliphatic hydroxyl groups is 1. The molecule has 1 heterocycles. The highest BCUT2D eigenvalue weighted by atomic mass is 16.3. The number of carbonyl (C=O) groups excluding carboxylic acids is 1. The Balaban J connectivity index is 1.92. The van der Waals surface area contributed by atoms with Crippen molar-refractivity contribution >= 4 is 5.91 Å². The lowest BCUT2D eigenvalue weighted by Gasteiger charge is -2.31. The molecule has 3 atom stereocenters. The molecule has 1 aliphatic carbocycles. The average molecular weight is 226 g/mol. The SMILES string of the molecule is N[C@H](C(=O)N1CCCCC1)[C@@H]1CCC[C@H]1O. The van der Waals surface area contributed by atoms with Crippen LogP contribution in [-0.4, -0.2) is 41.1 Å². The lowest BCUT2D eigenvalue weighted by Crippen LogP contribution is -2.50. The standard InChI is InChI=1S/C12H22N2O2/c13-11(9-5-4-6-10(9)15)12(16)14-7-2-1-3-8-14/h9-11,15H,1-8,13H2/t9-,10-,11+/m1/s1. The maximum atomic E-state index is 12.1. The Morgan fingerprint density at radius 2 is 1.88 bits per heavy atom. The molecule has 0 bridgehead atoms. The molecule has 0 aromatic carbocycles. The van der Waals surface area contributed by atoms with Crippen LogP contribution in [0.5, 0.6) is 0 Å². The Bertz CT molecular complexity index is 251. The maximum absolute atomic E-state index is 12.1. The Morgan fingerprint density at radius 1 is 1.19 bits per heavy atom. The summed E-state index contributed by atoms with van der Waals surface area (Å²) < 4.78 is 0. The summed E-state index contributed by atoms with van der Waals surface area (Å²) in [6.45, 7) is 1.69. The molecule has 4 nitrogen and oxygen atoms in total. The van der Waals surface area contributed by atoms with Crippen molar-refractivity contribution in [2.75, 3.05) is 13.1 Å². The third kappa shape index (κ3) is 2.38. The average Bonchev–Trinajstić information content (AvgIpc) is 2.75. The molecular weight excluding hydrogens is 204 g/mol. The highest BCUT2D eigenvalue weighted by Crippen LogP contribution is 2.28. The van der Waals surface area contributed by atoms with E-state index in [2.05, 4.69) is 0 Å². The zero-order valence-electron chi connectivity index (χ0n) is 9.77. The zero-order chi connectivity index (χ0) is 11.5. The minimum Gasteiger partial charge on any atom is -0.393 e. The van der Waals surface area contributed by atoms with Crippen molar-refractivity contribution in [2.24, 2.45) is 11.7 Å². The van der Waals surface area contributed by atoms with Gasteiger partial charge in [0, 0.05) is 19.0 Å². The summed E-state index contributed by atoms with van der Waals surface area (Å²) in [4.78, 5) is 14.0. The summed E-state index contributed by atoms with van der Waals surface area (Å²) in [5.74, 6) is 0.0278. The summed E-state index contributed by atoms with van der Waals surface area (Å²) in [7, 11) is 0. The molecule has 0 unspecified atom stereocenters. The van der Waals surface area contributed by atoms with Gasteiger partial charge in [-0.1, -0.05) is 6.42 Å². The number of aliphatic hydroxyl groups excluding tert-OH is 1. The van der Waals surface area contributed by atoms with Gasteiger partial charge in [0.05, 0.1) is 12.1 Å². The highest BCUT2D eigenvalue weighted by molar-refractivity contribution is 5.82. The first-order chi connectivity index (χ1) is 7.70. The van der Waals surface area contributed by atoms with Crippen LogP contribution in [0.2, 0.25) is 0 Å². The van der Waals surface area contributed by atoms with Crippen LogP contribution in [0, 0.1) is 5.92 Å². The van der Waals surface area contributed by atoms with Gasteiger partial charge >= 0.3 is 0 Å². The fourth-order valence-electron chi connectivity index (χ4n) is 2.90. The molecule has 0 aromatic heterocycles. The van der Waals surface area contributed by atoms with Gasteiger partial charge in [-0.3, -0.25) is 4.79 Å². The van der Waals surface area contributed by atoms with Crippen molar-refractivity contribution in [3.8, 4) is 0 Å². The normalized spacial score (nSPS) is 32.8.